The second-order valence-electron chi connectivity index (χ2n) is 4.76. The van der Waals surface area contributed by atoms with Gasteiger partial charge in [0.2, 0.25) is 5.95 Å². The average molecular weight is 221 g/mol. The van der Waals surface area contributed by atoms with Gasteiger partial charge in [0.1, 0.15) is 5.82 Å². The standard InChI is InChI=1S/C11H19N5/c1-2-10-13-11(15-14-10)16-5-3-4-8-6-12-7-9(8)16/h8-9,12H,2-7H2,1H3,(H,13,14,15). The number of rotatable bonds is 2. The van der Waals surface area contributed by atoms with Crippen LogP contribution in [-0.2, 0) is 6.42 Å². The molecule has 0 aromatic carbocycles. The van der Waals surface area contributed by atoms with Gasteiger partial charge in [-0.15, -0.1) is 5.10 Å². The van der Waals surface area contributed by atoms with Gasteiger partial charge in [-0.3, -0.25) is 5.10 Å². The molecule has 2 aliphatic rings. The van der Waals surface area contributed by atoms with Crippen molar-refractivity contribution >= 4 is 5.95 Å². The van der Waals surface area contributed by atoms with Crippen LogP contribution in [0.5, 0.6) is 0 Å². The molecule has 2 fully saturated rings. The molecule has 88 valence electrons. The number of fused-ring (bicyclic) bond motifs is 1. The lowest BCUT2D eigenvalue weighted by Crippen LogP contribution is -2.45. The van der Waals surface area contributed by atoms with E-state index in [0.29, 0.717) is 6.04 Å². The second kappa shape index (κ2) is 4.05. The second-order valence-corrected chi connectivity index (χ2v) is 4.76. The molecule has 0 radical (unpaired) electrons. The van der Waals surface area contributed by atoms with E-state index in [9.17, 15) is 0 Å². The fourth-order valence-electron chi connectivity index (χ4n) is 2.89. The zero-order valence-corrected chi connectivity index (χ0v) is 9.74. The van der Waals surface area contributed by atoms with Crippen LogP contribution in [-0.4, -0.2) is 40.9 Å². The van der Waals surface area contributed by atoms with Crippen LogP contribution in [0.1, 0.15) is 25.6 Å². The van der Waals surface area contributed by atoms with Gasteiger partial charge < -0.3 is 10.2 Å². The highest BCUT2D eigenvalue weighted by Crippen LogP contribution is 2.28. The molecule has 0 saturated carbocycles. The van der Waals surface area contributed by atoms with Gasteiger partial charge in [0, 0.05) is 32.1 Å². The molecule has 0 bridgehead atoms. The quantitative estimate of drug-likeness (QED) is 0.766. The fourth-order valence-corrected chi connectivity index (χ4v) is 2.89. The minimum absolute atomic E-state index is 0.606. The molecule has 0 spiro atoms. The van der Waals surface area contributed by atoms with Crippen molar-refractivity contribution in [1.29, 1.82) is 0 Å². The van der Waals surface area contributed by atoms with Crippen molar-refractivity contribution in [3.05, 3.63) is 5.82 Å². The normalized spacial score (nSPS) is 29.4. The summed E-state index contributed by atoms with van der Waals surface area (Å²) in [5.41, 5.74) is 0. The SMILES string of the molecule is CCc1nc(N2CCCC3CNCC32)n[nH]1. The number of hydrogen-bond donors (Lipinski definition) is 2. The Morgan fingerprint density at radius 1 is 1.44 bits per heavy atom. The first kappa shape index (κ1) is 10.1. The van der Waals surface area contributed by atoms with E-state index in [1.807, 2.05) is 0 Å². The molecule has 2 atom stereocenters. The van der Waals surface area contributed by atoms with E-state index in [4.69, 9.17) is 0 Å². The maximum absolute atomic E-state index is 4.54. The number of aromatic amines is 1. The predicted octanol–water partition coefficient (Wildman–Crippen LogP) is 0.555. The lowest BCUT2D eigenvalue weighted by molar-refractivity contribution is 0.381. The Kier molecular flexibility index (Phi) is 2.55. The van der Waals surface area contributed by atoms with Gasteiger partial charge in [0.15, 0.2) is 0 Å². The van der Waals surface area contributed by atoms with Crippen LogP contribution in [0.2, 0.25) is 0 Å². The summed E-state index contributed by atoms with van der Waals surface area (Å²) in [7, 11) is 0. The molecule has 1 aromatic heterocycles. The Labute approximate surface area is 95.6 Å². The molecule has 2 N–H and O–H groups in total. The van der Waals surface area contributed by atoms with Crippen molar-refractivity contribution in [2.75, 3.05) is 24.5 Å². The van der Waals surface area contributed by atoms with E-state index in [1.54, 1.807) is 0 Å². The minimum Gasteiger partial charge on any atom is -0.335 e. The highest BCUT2D eigenvalue weighted by atomic mass is 15.4. The lowest BCUT2D eigenvalue weighted by atomic mass is 9.92. The van der Waals surface area contributed by atoms with Gasteiger partial charge in [-0.25, -0.2) is 0 Å². The monoisotopic (exact) mass is 221 g/mol. The number of nitrogens with one attached hydrogen (secondary N) is 2. The predicted molar refractivity (Wildman–Crippen MR) is 62.5 cm³/mol. The number of H-pyrrole nitrogens is 1. The maximum Gasteiger partial charge on any atom is 0.244 e. The maximum atomic E-state index is 4.54. The highest BCUT2D eigenvalue weighted by molar-refractivity contribution is 5.33. The van der Waals surface area contributed by atoms with Gasteiger partial charge in [-0.2, -0.15) is 4.98 Å². The number of piperidine rings is 1. The third-order valence-corrected chi connectivity index (χ3v) is 3.79. The van der Waals surface area contributed by atoms with Gasteiger partial charge in [0.25, 0.3) is 0 Å². The first-order chi connectivity index (χ1) is 7.88. The summed E-state index contributed by atoms with van der Waals surface area (Å²) < 4.78 is 0. The van der Waals surface area contributed by atoms with Crippen LogP contribution in [0.3, 0.4) is 0 Å². The van der Waals surface area contributed by atoms with Crippen LogP contribution in [0, 0.1) is 5.92 Å². The molecule has 3 heterocycles. The zero-order valence-electron chi connectivity index (χ0n) is 9.74. The third kappa shape index (κ3) is 1.59. The van der Waals surface area contributed by atoms with E-state index in [2.05, 4.69) is 32.3 Å². The van der Waals surface area contributed by atoms with Crippen LogP contribution in [0.4, 0.5) is 5.95 Å². The molecule has 1 aromatic rings. The van der Waals surface area contributed by atoms with Gasteiger partial charge in [-0.1, -0.05) is 6.92 Å². The topological polar surface area (TPSA) is 56.8 Å². The van der Waals surface area contributed by atoms with Crippen molar-refractivity contribution in [1.82, 2.24) is 20.5 Å². The summed E-state index contributed by atoms with van der Waals surface area (Å²) in [6, 6.07) is 0.606. The molecule has 2 unspecified atom stereocenters. The number of nitrogens with zero attached hydrogens (tertiary/aromatic N) is 3. The summed E-state index contributed by atoms with van der Waals surface area (Å²) in [6.45, 7) is 5.44. The first-order valence-corrected chi connectivity index (χ1v) is 6.27. The molecular formula is C11H19N5. The van der Waals surface area contributed by atoms with Crippen LogP contribution in [0.25, 0.3) is 0 Å². The number of aromatic nitrogens is 3. The van der Waals surface area contributed by atoms with E-state index in [1.165, 1.54) is 12.8 Å². The van der Waals surface area contributed by atoms with Crippen LogP contribution < -0.4 is 10.2 Å². The number of hydrogen-bond acceptors (Lipinski definition) is 4. The number of aryl methyl sites for hydroxylation is 1. The summed E-state index contributed by atoms with van der Waals surface area (Å²) in [5.74, 6) is 2.68. The first-order valence-electron chi connectivity index (χ1n) is 6.27. The van der Waals surface area contributed by atoms with Crippen molar-refractivity contribution in [2.45, 2.75) is 32.2 Å². The van der Waals surface area contributed by atoms with Crippen molar-refractivity contribution in [2.24, 2.45) is 5.92 Å². The van der Waals surface area contributed by atoms with Crippen LogP contribution >= 0.6 is 0 Å². The van der Waals surface area contributed by atoms with Crippen molar-refractivity contribution < 1.29 is 0 Å². The van der Waals surface area contributed by atoms with Crippen molar-refractivity contribution in [3.63, 3.8) is 0 Å². The largest absolute Gasteiger partial charge is 0.335 e. The lowest BCUT2D eigenvalue weighted by Gasteiger charge is -2.36. The van der Waals surface area contributed by atoms with Gasteiger partial charge in [0.05, 0.1) is 0 Å². The van der Waals surface area contributed by atoms with E-state index in [0.717, 1.165) is 43.7 Å². The molecule has 5 nitrogen and oxygen atoms in total. The Balaban J connectivity index is 1.82. The van der Waals surface area contributed by atoms with E-state index in [-0.39, 0.29) is 0 Å². The third-order valence-electron chi connectivity index (χ3n) is 3.79. The summed E-state index contributed by atoms with van der Waals surface area (Å²) in [6.07, 6.45) is 3.53. The Bertz CT molecular complexity index is 361. The molecular weight excluding hydrogens is 202 g/mol. The molecule has 3 rings (SSSR count). The minimum atomic E-state index is 0.606. The zero-order chi connectivity index (χ0) is 11.0. The van der Waals surface area contributed by atoms with Crippen molar-refractivity contribution in [3.8, 4) is 0 Å². The smallest absolute Gasteiger partial charge is 0.244 e. The Morgan fingerprint density at radius 3 is 3.19 bits per heavy atom. The fraction of sp³-hybridized carbons (Fsp3) is 0.818. The Morgan fingerprint density at radius 2 is 2.38 bits per heavy atom. The molecule has 2 aliphatic heterocycles. The van der Waals surface area contributed by atoms with Gasteiger partial charge in [-0.05, 0) is 18.8 Å². The number of anilines is 1. The summed E-state index contributed by atoms with van der Waals surface area (Å²) in [5, 5.41) is 10.8. The summed E-state index contributed by atoms with van der Waals surface area (Å²) >= 11 is 0. The average Bonchev–Trinajstić information content (AvgIpc) is 2.97. The van der Waals surface area contributed by atoms with E-state index < -0.39 is 0 Å². The Hall–Kier alpha value is -1.10. The summed E-state index contributed by atoms with van der Waals surface area (Å²) in [4.78, 5) is 6.92. The molecule has 5 heteroatoms. The molecule has 2 saturated heterocycles. The molecule has 16 heavy (non-hydrogen) atoms. The molecule has 0 amide bonds. The van der Waals surface area contributed by atoms with E-state index >= 15 is 0 Å². The molecule has 0 aliphatic carbocycles. The van der Waals surface area contributed by atoms with Gasteiger partial charge >= 0.3 is 0 Å². The van der Waals surface area contributed by atoms with Crippen LogP contribution in [0.15, 0.2) is 0 Å². The highest BCUT2D eigenvalue weighted by Gasteiger charge is 2.36.